The highest BCUT2D eigenvalue weighted by Gasteiger charge is 2.41. The van der Waals surface area contributed by atoms with Gasteiger partial charge in [-0.05, 0) is 54.5 Å². The Balaban J connectivity index is 1.91. The Morgan fingerprint density at radius 1 is 0.889 bits per heavy atom. The van der Waals surface area contributed by atoms with E-state index in [0.717, 1.165) is 5.56 Å². The van der Waals surface area contributed by atoms with E-state index in [1.807, 2.05) is 18.2 Å². The van der Waals surface area contributed by atoms with E-state index in [9.17, 15) is 13.2 Å². The van der Waals surface area contributed by atoms with Gasteiger partial charge in [0.25, 0.3) is 5.91 Å². The molecule has 0 radical (unpaired) electrons. The molecule has 0 aliphatic carbocycles. The molecule has 1 aliphatic heterocycles. The molecule has 1 saturated heterocycles. The Bertz CT molecular complexity index is 1170. The lowest BCUT2D eigenvalue weighted by atomic mass is 9.78. The van der Waals surface area contributed by atoms with Gasteiger partial charge in [-0.25, -0.2) is 8.42 Å². The van der Waals surface area contributed by atoms with Gasteiger partial charge in [0.15, 0.2) is 23.0 Å². The molecule has 0 saturated carbocycles. The lowest BCUT2D eigenvalue weighted by molar-refractivity contribution is 0.0770. The average Bonchev–Trinajstić information content (AvgIpc) is 3.29. The van der Waals surface area contributed by atoms with Gasteiger partial charge in [-0.2, -0.15) is 0 Å². The lowest BCUT2D eigenvalue weighted by Crippen LogP contribution is -2.34. The molecule has 0 aromatic heterocycles. The molecule has 2 aromatic carbocycles. The summed E-state index contributed by atoms with van der Waals surface area (Å²) in [7, 11) is 4.49. The SMILES string of the molecule is COc1ccc(CC2(CCS(C)(=O)=O)CCN(C(=O)c3cc(OC)c(OC)c(OC)c3)C2)cc1OC. The number of likely N-dealkylation sites (tertiary alicyclic amines) is 1. The van der Waals surface area contributed by atoms with E-state index in [0.29, 0.717) is 66.7 Å². The fourth-order valence-electron chi connectivity index (χ4n) is 4.76. The van der Waals surface area contributed by atoms with Crippen LogP contribution in [0.15, 0.2) is 30.3 Å². The van der Waals surface area contributed by atoms with E-state index in [1.54, 1.807) is 31.3 Å². The van der Waals surface area contributed by atoms with Gasteiger partial charge >= 0.3 is 0 Å². The highest BCUT2D eigenvalue weighted by molar-refractivity contribution is 7.90. The van der Waals surface area contributed by atoms with Crippen LogP contribution < -0.4 is 23.7 Å². The van der Waals surface area contributed by atoms with Gasteiger partial charge in [-0.3, -0.25) is 4.79 Å². The zero-order valence-corrected chi connectivity index (χ0v) is 22.6. The van der Waals surface area contributed by atoms with Crippen LogP contribution in [0.3, 0.4) is 0 Å². The Hall–Kier alpha value is -3.14. The minimum absolute atomic E-state index is 0.0481. The highest BCUT2D eigenvalue weighted by Crippen LogP contribution is 2.42. The second-order valence-corrected chi connectivity index (χ2v) is 11.4. The van der Waals surface area contributed by atoms with Crippen molar-refractivity contribution in [1.29, 1.82) is 0 Å². The standard InChI is InChI=1S/C26H35NO8S/c1-31-20-8-7-18(13-21(20)32-2)16-26(10-12-36(6,29)30)9-11-27(17-26)25(28)19-14-22(33-3)24(35-5)23(15-19)34-4/h7-8,13-15H,9-12,16-17H2,1-6H3. The first-order valence-corrected chi connectivity index (χ1v) is 13.6. The summed E-state index contributed by atoms with van der Waals surface area (Å²) >= 11 is 0. The summed E-state index contributed by atoms with van der Waals surface area (Å²) in [5.41, 5.74) is 0.997. The van der Waals surface area contributed by atoms with Gasteiger partial charge < -0.3 is 28.6 Å². The average molecular weight is 522 g/mol. The van der Waals surface area contributed by atoms with E-state index in [-0.39, 0.29) is 11.7 Å². The molecule has 1 atom stereocenters. The zero-order chi connectivity index (χ0) is 26.5. The maximum absolute atomic E-state index is 13.5. The third kappa shape index (κ3) is 6.16. The van der Waals surface area contributed by atoms with Crippen molar-refractivity contribution in [2.75, 3.05) is 60.6 Å². The molecule has 10 heteroatoms. The van der Waals surface area contributed by atoms with E-state index < -0.39 is 15.3 Å². The maximum atomic E-state index is 13.5. The zero-order valence-electron chi connectivity index (χ0n) is 21.8. The molecule has 0 bridgehead atoms. The molecule has 9 nitrogen and oxygen atoms in total. The van der Waals surface area contributed by atoms with Crippen LogP contribution in [-0.4, -0.2) is 79.9 Å². The second-order valence-electron chi connectivity index (χ2n) is 9.14. The van der Waals surface area contributed by atoms with Crippen molar-refractivity contribution in [3.05, 3.63) is 41.5 Å². The molecule has 1 amide bonds. The van der Waals surface area contributed by atoms with Crippen LogP contribution >= 0.6 is 0 Å². The van der Waals surface area contributed by atoms with Gasteiger partial charge in [-0.15, -0.1) is 0 Å². The molecule has 198 valence electrons. The van der Waals surface area contributed by atoms with E-state index in [2.05, 4.69) is 0 Å². The first-order valence-electron chi connectivity index (χ1n) is 11.6. The van der Waals surface area contributed by atoms with Gasteiger partial charge in [0.2, 0.25) is 5.75 Å². The van der Waals surface area contributed by atoms with Crippen molar-refractivity contribution in [2.45, 2.75) is 19.3 Å². The summed E-state index contributed by atoms with van der Waals surface area (Å²) < 4.78 is 51.1. The topological polar surface area (TPSA) is 101 Å². The number of hydrogen-bond acceptors (Lipinski definition) is 8. The maximum Gasteiger partial charge on any atom is 0.254 e. The largest absolute Gasteiger partial charge is 0.493 e. The third-order valence-corrected chi connectivity index (χ3v) is 7.61. The number of nitrogens with zero attached hydrogens (tertiary/aromatic N) is 1. The molecule has 0 N–H and O–H groups in total. The number of carbonyl (C=O) groups excluding carboxylic acids is 1. The van der Waals surface area contributed by atoms with Crippen LogP contribution in [-0.2, 0) is 16.3 Å². The Morgan fingerprint density at radius 2 is 1.50 bits per heavy atom. The smallest absolute Gasteiger partial charge is 0.254 e. The van der Waals surface area contributed by atoms with Crippen LogP contribution in [0.5, 0.6) is 28.7 Å². The number of carbonyl (C=O) groups is 1. The molecule has 2 aromatic rings. The number of methoxy groups -OCH3 is 5. The monoisotopic (exact) mass is 521 g/mol. The number of sulfone groups is 1. The molecule has 1 heterocycles. The summed E-state index contributed by atoms with van der Waals surface area (Å²) in [5.74, 6) is 2.30. The van der Waals surface area contributed by atoms with Crippen LogP contribution in [0.1, 0.15) is 28.8 Å². The molecule has 1 fully saturated rings. The summed E-state index contributed by atoms with van der Waals surface area (Å²) in [6.07, 6.45) is 2.96. The molecular weight excluding hydrogens is 486 g/mol. The minimum Gasteiger partial charge on any atom is -0.493 e. The molecule has 1 unspecified atom stereocenters. The molecule has 36 heavy (non-hydrogen) atoms. The van der Waals surface area contributed by atoms with E-state index >= 15 is 0 Å². The predicted molar refractivity (Wildman–Crippen MR) is 137 cm³/mol. The van der Waals surface area contributed by atoms with Crippen molar-refractivity contribution in [2.24, 2.45) is 5.41 Å². The van der Waals surface area contributed by atoms with Crippen molar-refractivity contribution in [3.8, 4) is 28.7 Å². The number of hydrogen-bond donors (Lipinski definition) is 0. The number of ether oxygens (including phenoxy) is 5. The number of amides is 1. The van der Waals surface area contributed by atoms with Crippen LogP contribution in [0.25, 0.3) is 0 Å². The molecule has 1 aliphatic rings. The van der Waals surface area contributed by atoms with E-state index in [4.69, 9.17) is 23.7 Å². The first-order chi connectivity index (χ1) is 17.1. The quantitative estimate of drug-likeness (QED) is 0.444. The fraction of sp³-hybridized carbons (Fsp3) is 0.500. The van der Waals surface area contributed by atoms with Crippen LogP contribution in [0.4, 0.5) is 0 Å². The fourth-order valence-corrected chi connectivity index (χ4v) is 5.56. The Kier molecular flexibility index (Phi) is 8.60. The molecular formula is C26H35NO8S. The van der Waals surface area contributed by atoms with Crippen molar-refractivity contribution in [3.63, 3.8) is 0 Å². The van der Waals surface area contributed by atoms with Crippen molar-refractivity contribution < 1.29 is 36.9 Å². The lowest BCUT2D eigenvalue weighted by Gasteiger charge is -2.30. The van der Waals surface area contributed by atoms with Crippen LogP contribution in [0, 0.1) is 5.41 Å². The summed E-state index contributed by atoms with van der Waals surface area (Å²) in [5, 5.41) is 0. The third-order valence-electron chi connectivity index (χ3n) is 6.67. The molecule has 3 rings (SSSR count). The minimum atomic E-state index is -3.18. The first kappa shape index (κ1) is 27.4. The van der Waals surface area contributed by atoms with Gasteiger partial charge in [0.1, 0.15) is 9.84 Å². The Labute approximate surface area is 213 Å². The van der Waals surface area contributed by atoms with Crippen molar-refractivity contribution >= 4 is 15.7 Å². The summed E-state index contributed by atoms with van der Waals surface area (Å²) in [6, 6.07) is 8.97. The predicted octanol–water partition coefficient (Wildman–Crippen LogP) is 3.24. The van der Waals surface area contributed by atoms with Crippen molar-refractivity contribution in [1.82, 2.24) is 4.90 Å². The van der Waals surface area contributed by atoms with Gasteiger partial charge in [0.05, 0.1) is 41.3 Å². The molecule has 0 spiro atoms. The van der Waals surface area contributed by atoms with Gasteiger partial charge in [-0.1, -0.05) is 6.07 Å². The Morgan fingerprint density at radius 3 is 2.03 bits per heavy atom. The second kappa shape index (κ2) is 11.3. The van der Waals surface area contributed by atoms with Gasteiger partial charge in [0, 0.05) is 24.9 Å². The van der Waals surface area contributed by atoms with Crippen LogP contribution in [0.2, 0.25) is 0 Å². The number of rotatable bonds is 11. The summed E-state index contributed by atoms with van der Waals surface area (Å²) in [4.78, 5) is 15.3. The normalized spacial score (nSPS) is 17.6. The van der Waals surface area contributed by atoms with E-state index in [1.165, 1.54) is 27.6 Å². The highest BCUT2D eigenvalue weighted by atomic mass is 32.2. The number of benzene rings is 2. The summed E-state index contributed by atoms with van der Waals surface area (Å²) in [6.45, 7) is 0.929.